The van der Waals surface area contributed by atoms with E-state index in [2.05, 4.69) is 41.4 Å². The van der Waals surface area contributed by atoms with Gasteiger partial charge in [-0.15, -0.1) is 0 Å². The zero-order valence-corrected chi connectivity index (χ0v) is 12.0. The lowest BCUT2D eigenvalue weighted by atomic mass is 10.1. The average molecular weight is 262 g/mol. The second-order valence-electron chi connectivity index (χ2n) is 5.33. The summed E-state index contributed by atoms with van der Waals surface area (Å²) in [5.74, 6) is 0. The molecule has 106 valence electrons. The van der Waals surface area contributed by atoms with E-state index in [0.29, 0.717) is 0 Å². The molecule has 0 saturated carbocycles. The van der Waals surface area contributed by atoms with Gasteiger partial charge in [-0.2, -0.15) is 0 Å². The van der Waals surface area contributed by atoms with Gasteiger partial charge in [-0.05, 0) is 38.4 Å². The topological polar surface area (TPSA) is 24.5 Å². The Balaban J connectivity index is 1.50. The third-order valence-corrected chi connectivity index (χ3v) is 3.59. The van der Waals surface area contributed by atoms with Crippen molar-refractivity contribution in [1.82, 2.24) is 10.2 Å². The van der Waals surface area contributed by atoms with Crippen molar-refractivity contribution < 1.29 is 4.74 Å². The summed E-state index contributed by atoms with van der Waals surface area (Å²) >= 11 is 0. The molecule has 1 aromatic rings. The second-order valence-corrected chi connectivity index (χ2v) is 5.33. The molecule has 0 spiro atoms. The van der Waals surface area contributed by atoms with Crippen LogP contribution in [0.3, 0.4) is 0 Å². The molecule has 1 aromatic carbocycles. The van der Waals surface area contributed by atoms with Crippen LogP contribution < -0.4 is 5.32 Å². The van der Waals surface area contributed by atoms with E-state index in [4.69, 9.17) is 4.74 Å². The molecule has 0 bridgehead atoms. The molecule has 2 rings (SSSR count). The number of benzene rings is 1. The maximum atomic E-state index is 5.35. The van der Waals surface area contributed by atoms with E-state index >= 15 is 0 Å². The van der Waals surface area contributed by atoms with E-state index < -0.39 is 0 Å². The molecule has 19 heavy (non-hydrogen) atoms. The van der Waals surface area contributed by atoms with Crippen molar-refractivity contribution in [2.75, 3.05) is 39.4 Å². The summed E-state index contributed by atoms with van der Waals surface area (Å²) in [6, 6.07) is 8.71. The molecule has 0 aliphatic carbocycles. The van der Waals surface area contributed by atoms with Crippen molar-refractivity contribution in [1.29, 1.82) is 0 Å². The number of nitrogens with zero attached hydrogens (tertiary/aromatic N) is 1. The van der Waals surface area contributed by atoms with E-state index in [9.17, 15) is 0 Å². The first kappa shape index (κ1) is 14.5. The Labute approximate surface area is 116 Å². The van der Waals surface area contributed by atoms with Gasteiger partial charge in [-0.3, -0.25) is 4.90 Å². The normalized spacial score (nSPS) is 16.7. The number of unbranched alkanes of at least 4 members (excludes halogenated alkanes) is 1. The molecule has 0 amide bonds. The van der Waals surface area contributed by atoms with E-state index in [0.717, 1.165) is 39.4 Å². The Morgan fingerprint density at radius 3 is 2.84 bits per heavy atom. The highest BCUT2D eigenvalue weighted by molar-refractivity contribution is 5.21. The van der Waals surface area contributed by atoms with Gasteiger partial charge in [-0.1, -0.05) is 29.8 Å². The lowest BCUT2D eigenvalue weighted by molar-refractivity contribution is 0.0372. The van der Waals surface area contributed by atoms with Gasteiger partial charge < -0.3 is 10.1 Å². The molecule has 0 aromatic heterocycles. The van der Waals surface area contributed by atoms with Crippen LogP contribution >= 0.6 is 0 Å². The Hall–Kier alpha value is -0.900. The second kappa shape index (κ2) is 8.31. The molecular weight excluding hydrogens is 236 g/mol. The van der Waals surface area contributed by atoms with Gasteiger partial charge in [-0.25, -0.2) is 0 Å². The number of hydrogen-bond donors (Lipinski definition) is 1. The Morgan fingerprint density at radius 2 is 2.05 bits per heavy atom. The average Bonchev–Trinajstić information content (AvgIpc) is 2.44. The minimum Gasteiger partial charge on any atom is -0.379 e. The third-order valence-electron chi connectivity index (χ3n) is 3.59. The van der Waals surface area contributed by atoms with Crippen LogP contribution in [0.25, 0.3) is 0 Å². The fourth-order valence-corrected chi connectivity index (χ4v) is 2.47. The lowest BCUT2D eigenvalue weighted by Gasteiger charge is -2.26. The molecule has 0 radical (unpaired) electrons. The number of morpholine rings is 1. The molecule has 1 saturated heterocycles. The predicted octanol–water partition coefficient (Wildman–Crippen LogP) is 2.20. The molecule has 3 heteroatoms. The van der Waals surface area contributed by atoms with Gasteiger partial charge in [0.1, 0.15) is 0 Å². The molecule has 1 aliphatic rings. The summed E-state index contributed by atoms with van der Waals surface area (Å²) in [6.07, 6.45) is 2.53. The van der Waals surface area contributed by atoms with Crippen LogP contribution in [0, 0.1) is 6.92 Å². The van der Waals surface area contributed by atoms with E-state index in [1.807, 2.05) is 0 Å². The van der Waals surface area contributed by atoms with Crippen molar-refractivity contribution in [2.45, 2.75) is 26.3 Å². The van der Waals surface area contributed by atoms with Gasteiger partial charge in [0.2, 0.25) is 0 Å². The number of hydrogen-bond acceptors (Lipinski definition) is 3. The lowest BCUT2D eigenvalue weighted by Crippen LogP contribution is -2.37. The molecule has 1 heterocycles. The van der Waals surface area contributed by atoms with Crippen LogP contribution in [0.15, 0.2) is 24.3 Å². The standard InChI is InChI=1S/C16H26N2O/c1-15-5-4-6-16(13-15)14-17-7-2-3-8-18-9-11-19-12-10-18/h4-6,13,17H,2-3,7-12,14H2,1H3. The summed E-state index contributed by atoms with van der Waals surface area (Å²) in [4.78, 5) is 2.50. The molecular formula is C16H26N2O. The maximum Gasteiger partial charge on any atom is 0.0594 e. The zero-order valence-electron chi connectivity index (χ0n) is 12.0. The minimum absolute atomic E-state index is 0.908. The number of rotatable bonds is 7. The zero-order chi connectivity index (χ0) is 13.3. The van der Waals surface area contributed by atoms with Crippen molar-refractivity contribution in [2.24, 2.45) is 0 Å². The van der Waals surface area contributed by atoms with Crippen molar-refractivity contribution >= 4 is 0 Å². The summed E-state index contributed by atoms with van der Waals surface area (Å²) < 4.78 is 5.35. The smallest absolute Gasteiger partial charge is 0.0594 e. The van der Waals surface area contributed by atoms with E-state index in [1.54, 1.807) is 0 Å². The Morgan fingerprint density at radius 1 is 1.21 bits per heavy atom. The Bertz CT molecular complexity index is 362. The number of ether oxygens (including phenoxy) is 1. The van der Waals surface area contributed by atoms with Crippen LogP contribution in [0.5, 0.6) is 0 Å². The quantitative estimate of drug-likeness (QED) is 0.762. The van der Waals surface area contributed by atoms with Gasteiger partial charge in [0.25, 0.3) is 0 Å². The van der Waals surface area contributed by atoms with E-state index in [1.165, 1.54) is 30.5 Å². The van der Waals surface area contributed by atoms with Crippen LogP contribution in [0.4, 0.5) is 0 Å². The summed E-state index contributed by atoms with van der Waals surface area (Å²) in [7, 11) is 0. The fourth-order valence-electron chi connectivity index (χ4n) is 2.47. The fraction of sp³-hybridized carbons (Fsp3) is 0.625. The van der Waals surface area contributed by atoms with Crippen LogP contribution in [-0.2, 0) is 11.3 Å². The number of aryl methyl sites for hydroxylation is 1. The molecule has 1 fully saturated rings. The van der Waals surface area contributed by atoms with Gasteiger partial charge in [0.15, 0.2) is 0 Å². The Kier molecular flexibility index (Phi) is 6.34. The molecule has 3 nitrogen and oxygen atoms in total. The summed E-state index contributed by atoms with van der Waals surface area (Å²) in [6.45, 7) is 9.49. The maximum absolute atomic E-state index is 5.35. The predicted molar refractivity (Wildman–Crippen MR) is 79.4 cm³/mol. The summed E-state index contributed by atoms with van der Waals surface area (Å²) in [5.41, 5.74) is 2.72. The van der Waals surface area contributed by atoms with Crippen molar-refractivity contribution in [3.05, 3.63) is 35.4 Å². The largest absolute Gasteiger partial charge is 0.379 e. The minimum atomic E-state index is 0.908. The van der Waals surface area contributed by atoms with Crippen molar-refractivity contribution in [3.63, 3.8) is 0 Å². The molecule has 0 atom stereocenters. The van der Waals surface area contributed by atoms with Crippen LogP contribution in [-0.4, -0.2) is 44.3 Å². The van der Waals surface area contributed by atoms with Gasteiger partial charge >= 0.3 is 0 Å². The van der Waals surface area contributed by atoms with Crippen LogP contribution in [0.1, 0.15) is 24.0 Å². The highest BCUT2D eigenvalue weighted by Crippen LogP contribution is 2.03. The first-order chi connectivity index (χ1) is 9.34. The third kappa shape index (κ3) is 5.72. The SMILES string of the molecule is Cc1cccc(CNCCCCN2CCOCC2)c1. The first-order valence-electron chi connectivity index (χ1n) is 7.41. The summed E-state index contributed by atoms with van der Waals surface area (Å²) in [5, 5.41) is 3.52. The first-order valence-corrected chi connectivity index (χ1v) is 7.41. The highest BCUT2D eigenvalue weighted by atomic mass is 16.5. The monoisotopic (exact) mass is 262 g/mol. The molecule has 0 unspecified atom stereocenters. The van der Waals surface area contributed by atoms with Gasteiger partial charge in [0.05, 0.1) is 13.2 Å². The van der Waals surface area contributed by atoms with E-state index in [-0.39, 0.29) is 0 Å². The molecule has 1 aliphatic heterocycles. The van der Waals surface area contributed by atoms with Gasteiger partial charge in [0, 0.05) is 19.6 Å². The highest BCUT2D eigenvalue weighted by Gasteiger charge is 2.08. The number of nitrogens with one attached hydrogen (secondary N) is 1. The molecule has 1 N–H and O–H groups in total. The van der Waals surface area contributed by atoms with Crippen molar-refractivity contribution in [3.8, 4) is 0 Å². The van der Waals surface area contributed by atoms with Crippen LogP contribution in [0.2, 0.25) is 0 Å².